The van der Waals surface area contributed by atoms with Crippen LogP contribution >= 0.6 is 0 Å². The van der Waals surface area contributed by atoms with Gasteiger partial charge in [0.15, 0.2) is 0 Å². The van der Waals surface area contributed by atoms with E-state index < -0.39 is 22.0 Å². The Bertz CT molecular complexity index is 375. The number of carboxylic acids is 1. The predicted octanol–water partition coefficient (Wildman–Crippen LogP) is 0.184. The second-order valence-electron chi connectivity index (χ2n) is 3.26. The van der Waals surface area contributed by atoms with Gasteiger partial charge >= 0.3 is 5.97 Å². The van der Waals surface area contributed by atoms with Crippen LogP contribution in [-0.2, 0) is 29.1 Å². The van der Waals surface area contributed by atoms with Crippen molar-refractivity contribution in [3.05, 3.63) is 18.0 Å². The molecule has 0 saturated heterocycles. The fourth-order valence-corrected chi connectivity index (χ4v) is 2.13. The standard InChI is InChI=1S/C9H14N2O3S/c1-7(9(12)13)15(14)6-4-8-3-5-10-11(8)2/h3,5,7H,4,6H2,1-2H3,(H,12,13). The molecule has 2 unspecified atom stereocenters. The van der Waals surface area contributed by atoms with Gasteiger partial charge in [-0.05, 0) is 13.0 Å². The molecule has 0 spiro atoms. The van der Waals surface area contributed by atoms with Gasteiger partial charge in [-0.1, -0.05) is 0 Å². The van der Waals surface area contributed by atoms with E-state index in [1.807, 2.05) is 6.07 Å². The van der Waals surface area contributed by atoms with Gasteiger partial charge in [0.25, 0.3) is 0 Å². The van der Waals surface area contributed by atoms with Crippen LogP contribution in [0.15, 0.2) is 12.3 Å². The summed E-state index contributed by atoms with van der Waals surface area (Å²) < 4.78 is 13.2. The molecule has 0 fully saturated rings. The Balaban J connectivity index is 2.48. The highest BCUT2D eigenvalue weighted by atomic mass is 32.2. The van der Waals surface area contributed by atoms with Crippen molar-refractivity contribution < 1.29 is 14.1 Å². The van der Waals surface area contributed by atoms with Crippen molar-refractivity contribution >= 4 is 16.8 Å². The second kappa shape index (κ2) is 5.06. The van der Waals surface area contributed by atoms with Gasteiger partial charge in [-0.25, -0.2) is 0 Å². The summed E-state index contributed by atoms with van der Waals surface area (Å²) in [5.74, 6) is -0.661. The molecule has 5 nitrogen and oxygen atoms in total. The molecule has 0 radical (unpaired) electrons. The molecule has 0 aliphatic heterocycles. The van der Waals surface area contributed by atoms with Crippen LogP contribution < -0.4 is 0 Å². The van der Waals surface area contributed by atoms with Crippen molar-refractivity contribution in [2.24, 2.45) is 7.05 Å². The van der Waals surface area contributed by atoms with Crippen LogP contribution in [0.1, 0.15) is 12.6 Å². The molecule has 1 heterocycles. The lowest BCUT2D eigenvalue weighted by Gasteiger charge is -2.06. The maximum Gasteiger partial charge on any atom is 0.318 e. The smallest absolute Gasteiger partial charge is 0.318 e. The number of carbonyl (C=O) groups is 1. The molecule has 0 amide bonds. The third-order valence-electron chi connectivity index (χ3n) is 2.22. The van der Waals surface area contributed by atoms with Crippen molar-refractivity contribution in [3.63, 3.8) is 0 Å². The fraction of sp³-hybridized carbons (Fsp3) is 0.556. The number of hydrogen-bond acceptors (Lipinski definition) is 3. The van der Waals surface area contributed by atoms with Gasteiger partial charge in [-0.15, -0.1) is 0 Å². The zero-order valence-electron chi connectivity index (χ0n) is 8.71. The first-order valence-corrected chi connectivity index (χ1v) is 5.97. The Hall–Kier alpha value is -1.17. The Kier molecular flexibility index (Phi) is 4.02. The first-order valence-electron chi connectivity index (χ1n) is 4.59. The largest absolute Gasteiger partial charge is 0.480 e. The SMILES string of the molecule is CC(C(=O)O)S(=O)CCc1ccnn1C. The highest BCUT2D eigenvalue weighted by Gasteiger charge is 2.18. The summed E-state index contributed by atoms with van der Waals surface area (Å²) in [6.45, 7) is 1.46. The monoisotopic (exact) mass is 230 g/mol. The number of aliphatic carboxylic acids is 1. The summed E-state index contributed by atoms with van der Waals surface area (Å²) in [5.41, 5.74) is 0.959. The number of nitrogens with zero attached hydrogens (tertiary/aromatic N) is 2. The van der Waals surface area contributed by atoms with Crippen LogP contribution in [0.2, 0.25) is 0 Å². The minimum Gasteiger partial charge on any atom is -0.480 e. The normalized spacial score (nSPS) is 14.8. The molecule has 0 aromatic carbocycles. The van der Waals surface area contributed by atoms with E-state index in [0.29, 0.717) is 12.2 Å². The first kappa shape index (κ1) is 11.9. The number of aromatic nitrogens is 2. The highest BCUT2D eigenvalue weighted by Crippen LogP contribution is 2.02. The molecule has 1 aromatic rings. The molecule has 0 bridgehead atoms. The lowest BCUT2D eigenvalue weighted by atomic mass is 10.3. The van der Waals surface area contributed by atoms with Crippen molar-refractivity contribution in [1.82, 2.24) is 9.78 Å². The molecule has 15 heavy (non-hydrogen) atoms. The van der Waals surface area contributed by atoms with Crippen LogP contribution in [0.3, 0.4) is 0 Å². The van der Waals surface area contributed by atoms with Gasteiger partial charge in [0, 0.05) is 41.9 Å². The number of rotatable bonds is 5. The van der Waals surface area contributed by atoms with Crippen LogP contribution in [0.25, 0.3) is 0 Å². The molecule has 1 aromatic heterocycles. The minimum atomic E-state index is -1.33. The van der Waals surface area contributed by atoms with E-state index in [4.69, 9.17) is 5.11 Å². The summed E-state index contributed by atoms with van der Waals surface area (Å²) in [6, 6.07) is 1.84. The summed E-state index contributed by atoms with van der Waals surface area (Å²) in [6.07, 6.45) is 2.25. The molecule has 0 aliphatic rings. The van der Waals surface area contributed by atoms with Gasteiger partial charge in [0.05, 0.1) is 0 Å². The van der Waals surface area contributed by atoms with Crippen LogP contribution in [0.5, 0.6) is 0 Å². The van der Waals surface area contributed by atoms with E-state index in [2.05, 4.69) is 5.10 Å². The number of carboxylic acid groups (broad SMARTS) is 1. The van der Waals surface area contributed by atoms with E-state index in [-0.39, 0.29) is 0 Å². The van der Waals surface area contributed by atoms with Crippen LogP contribution in [-0.4, -0.2) is 36.1 Å². The van der Waals surface area contributed by atoms with Gasteiger partial charge in [-0.3, -0.25) is 13.7 Å². The summed E-state index contributed by atoms with van der Waals surface area (Å²) in [5, 5.41) is 11.8. The van der Waals surface area contributed by atoms with Crippen LogP contribution in [0, 0.1) is 0 Å². The van der Waals surface area contributed by atoms with Gasteiger partial charge in [0.2, 0.25) is 0 Å². The van der Waals surface area contributed by atoms with E-state index in [1.54, 1.807) is 17.9 Å². The minimum absolute atomic E-state index is 0.354. The zero-order chi connectivity index (χ0) is 11.4. The predicted molar refractivity (Wildman–Crippen MR) is 57.0 cm³/mol. The van der Waals surface area contributed by atoms with E-state index in [0.717, 1.165) is 5.69 Å². The number of hydrogen-bond donors (Lipinski definition) is 1. The Morgan fingerprint density at radius 3 is 2.87 bits per heavy atom. The molecule has 84 valence electrons. The van der Waals surface area contributed by atoms with Crippen LogP contribution in [0.4, 0.5) is 0 Å². The highest BCUT2D eigenvalue weighted by molar-refractivity contribution is 7.86. The Labute approximate surface area is 90.6 Å². The molecule has 1 N–H and O–H groups in total. The molecule has 0 saturated carbocycles. The average Bonchev–Trinajstić information content (AvgIpc) is 2.59. The summed E-state index contributed by atoms with van der Waals surface area (Å²) in [7, 11) is 0.476. The van der Waals surface area contributed by atoms with Crippen molar-refractivity contribution in [1.29, 1.82) is 0 Å². The van der Waals surface area contributed by atoms with Crippen molar-refractivity contribution in [3.8, 4) is 0 Å². The quantitative estimate of drug-likeness (QED) is 0.783. The second-order valence-corrected chi connectivity index (χ2v) is 5.14. The van der Waals surface area contributed by atoms with Gasteiger partial charge in [0.1, 0.15) is 5.25 Å². The topological polar surface area (TPSA) is 72.2 Å². The van der Waals surface area contributed by atoms with Gasteiger partial charge in [-0.2, -0.15) is 5.10 Å². The van der Waals surface area contributed by atoms with E-state index in [9.17, 15) is 9.00 Å². The molecule has 6 heteroatoms. The van der Waals surface area contributed by atoms with Crippen molar-refractivity contribution in [2.75, 3.05) is 5.75 Å². The maximum atomic E-state index is 11.5. The lowest BCUT2D eigenvalue weighted by Crippen LogP contribution is -2.24. The Morgan fingerprint density at radius 1 is 1.73 bits per heavy atom. The fourth-order valence-electron chi connectivity index (χ4n) is 1.14. The molecule has 0 aliphatic carbocycles. The maximum absolute atomic E-state index is 11.5. The van der Waals surface area contributed by atoms with Crippen molar-refractivity contribution in [2.45, 2.75) is 18.6 Å². The summed E-state index contributed by atoms with van der Waals surface area (Å²) in [4.78, 5) is 10.6. The molecular formula is C9H14N2O3S. The molecule has 2 atom stereocenters. The third-order valence-corrected chi connectivity index (χ3v) is 3.82. The van der Waals surface area contributed by atoms with E-state index in [1.165, 1.54) is 6.92 Å². The average molecular weight is 230 g/mol. The Morgan fingerprint density at radius 2 is 2.40 bits per heavy atom. The molecular weight excluding hydrogens is 216 g/mol. The summed E-state index contributed by atoms with van der Waals surface area (Å²) >= 11 is 0. The van der Waals surface area contributed by atoms with Gasteiger partial charge < -0.3 is 5.11 Å². The lowest BCUT2D eigenvalue weighted by molar-refractivity contribution is -0.136. The third kappa shape index (κ3) is 3.16. The van der Waals surface area contributed by atoms with E-state index >= 15 is 0 Å². The first-order chi connectivity index (χ1) is 7.02. The number of aryl methyl sites for hydroxylation is 2. The molecule has 1 rings (SSSR count). The zero-order valence-corrected chi connectivity index (χ0v) is 9.53.